The van der Waals surface area contributed by atoms with Crippen molar-refractivity contribution in [3.05, 3.63) is 45.9 Å². The molecule has 1 N–H and O–H groups in total. The zero-order valence-electron chi connectivity index (χ0n) is 13.2. The van der Waals surface area contributed by atoms with Crippen molar-refractivity contribution in [2.45, 2.75) is 12.7 Å². The highest BCUT2D eigenvalue weighted by atomic mass is 32.1. The van der Waals surface area contributed by atoms with Gasteiger partial charge < -0.3 is 10.1 Å². The topological polar surface area (TPSA) is 54.5 Å². The number of alkyl halides is 3. The summed E-state index contributed by atoms with van der Waals surface area (Å²) in [4.78, 5) is 18.6. The molecule has 0 unspecified atom stereocenters. The summed E-state index contributed by atoms with van der Waals surface area (Å²) in [6, 6.07) is 4.87. The van der Waals surface area contributed by atoms with E-state index in [1.807, 2.05) is 0 Å². The van der Waals surface area contributed by atoms with Crippen LogP contribution in [0, 0.1) is 0 Å². The van der Waals surface area contributed by atoms with Gasteiger partial charge in [-0.2, -0.15) is 13.2 Å². The molecule has 2 aromatic rings. The standard InChI is InChI=1S/C16H16F3N3O2S/c17-16(18,19)11-3-1-2-4-12(11)21-15(23)13-10-25-14(20-13)9-22-5-7-24-8-6-22/h1-4,10H,5-9H2,(H,21,23). The Balaban J connectivity index is 1.68. The smallest absolute Gasteiger partial charge is 0.379 e. The Bertz CT molecular complexity index is 742. The molecule has 0 spiro atoms. The van der Waals surface area contributed by atoms with Gasteiger partial charge in [-0.3, -0.25) is 9.69 Å². The average Bonchev–Trinajstić information content (AvgIpc) is 3.04. The quantitative estimate of drug-likeness (QED) is 0.897. The number of hydrogen-bond acceptors (Lipinski definition) is 5. The van der Waals surface area contributed by atoms with Crippen LogP contribution in [0.1, 0.15) is 21.1 Å². The van der Waals surface area contributed by atoms with E-state index in [2.05, 4.69) is 15.2 Å². The highest BCUT2D eigenvalue weighted by Gasteiger charge is 2.33. The van der Waals surface area contributed by atoms with Crippen molar-refractivity contribution in [2.75, 3.05) is 31.6 Å². The van der Waals surface area contributed by atoms with Gasteiger partial charge in [-0.25, -0.2) is 4.98 Å². The number of anilines is 1. The van der Waals surface area contributed by atoms with E-state index in [1.165, 1.54) is 29.5 Å². The monoisotopic (exact) mass is 371 g/mol. The van der Waals surface area contributed by atoms with Gasteiger partial charge in [0, 0.05) is 18.5 Å². The second-order valence-electron chi connectivity index (χ2n) is 5.51. The molecule has 1 aliphatic heterocycles. The van der Waals surface area contributed by atoms with Crippen molar-refractivity contribution in [3.8, 4) is 0 Å². The third kappa shape index (κ3) is 4.56. The molecule has 0 aliphatic carbocycles. The van der Waals surface area contributed by atoms with Gasteiger partial charge in [0.15, 0.2) is 0 Å². The maximum Gasteiger partial charge on any atom is 0.418 e. The zero-order chi connectivity index (χ0) is 17.9. The van der Waals surface area contributed by atoms with Crippen LogP contribution in [0.4, 0.5) is 18.9 Å². The second kappa shape index (κ2) is 7.51. The highest BCUT2D eigenvalue weighted by molar-refractivity contribution is 7.09. The van der Waals surface area contributed by atoms with Gasteiger partial charge in [-0.15, -0.1) is 11.3 Å². The van der Waals surface area contributed by atoms with Crippen molar-refractivity contribution in [2.24, 2.45) is 0 Å². The molecule has 1 aromatic heterocycles. The van der Waals surface area contributed by atoms with Crippen molar-refractivity contribution in [1.29, 1.82) is 0 Å². The molecule has 0 atom stereocenters. The predicted octanol–water partition coefficient (Wildman–Crippen LogP) is 3.25. The number of benzene rings is 1. The van der Waals surface area contributed by atoms with Crippen molar-refractivity contribution < 1.29 is 22.7 Å². The summed E-state index contributed by atoms with van der Waals surface area (Å²) in [5.74, 6) is -0.652. The van der Waals surface area contributed by atoms with Crippen LogP contribution in [0.15, 0.2) is 29.6 Å². The molecule has 0 saturated carbocycles. The van der Waals surface area contributed by atoms with Crippen LogP contribution in [0.3, 0.4) is 0 Å². The Morgan fingerprint density at radius 1 is 1.28 bits per heavy atom. The van der Waals surface area contributed by atoms with Crippen molar-refractivity contribution >= 4 is 22.9 Å². The number of ether oxygens (including phenoxy) is 1. The van der Waals surface area contributed by atoms with Gasteiger partial charge in [-0.05, 0) is 12.1 Å². The average molecular weight is 371 g/mol. The molecule has 1 saturated heterocycles. The van der Waals surface area contributed by atoms with Gasteiger partial charge in [0.25, 0.3) is 5.91 Å². The van der Waals surface area contributed by atoms with Crippen LogP contribution in [0.2, 0.25) is 0 Å². The van der Waals surface area contributed by atoms with Crippen LogP contribution >= 0.6 is 11.3 Å². The summed E-state index contributed by atoms with van der Waals surface area (Å²) in [6.45, 7) is 3.50. The number of halogens is 3. The van der Waals surface area contributed by atoms with E-state index < -0.39 is 17.6 Å². The number of nitrogens with zero attached hydrogens (tertiary/aromatic N) is 2. The largest absolute Gasteiger partial charge is 0.418 e. The first kappa shape index (κ1) is 17.8. The first-order chi connectivity index (χ1) is 11.9. The third-order valence-electron chi connectivity index (χ3n) is 3.73. The molecule has 3 rings (SSSR count). The number of thiazole rings is 1. The Kier molecular flexibility index (Phi) is 5.36. The van der Waals surface area contributed by atoms with E-state index in [0.29, 0.717) is 19.8 Å². The number of morpholine rings is 1. The van der Waals surface area contributed by atoms with Gasteiger partial charge in [0.1, 0.15) is 10.7 Å². The Hall–Kier alpha value is -1.97. The lowest BCUT2D eigenvalue weighted by Gasteiger charge is -2.25. The molecular formula is C16H16F3N3O2S. The Labute approximate surface area is 146 Å². The first-order valence-corrected chi connectivity index (χ1v) is 8.53. The van der Waals surface area contributed by atoms with Crippen LogP contribution in [0.25, 0.3) is 0 Å². The molecule has 1 aliphatic rings. The van der Waals surface area contributed by atoms with Gasteiger partial charge >= 0.3 is 6.18 Å². The maximum absolute atomic E-state index is 13.0. The molecule has 134 valence electrons. The third-order valence-corrected chi connectivity index (χ3v) is 4.56. The van der Waals surface area contributed by atoms with E-state index in [0.717, 1.165) is 24.2 Å². The minimum atomic E-state index is -4.53. The van der Waals surface area contributed by atoms with E-state index in [1.54, 1.807) is 5.38 Å². The minimum Gasteiger partial charge on any atom is -0.379 e. The fourth-order valence-electron chi connectivity index (χ4n) is 2.46. The molecule has 1 fully saturated rings. The highest BCUT2D eigenvalue weighted by Crippen LogP contribution is 2.34. The Morgan fingerprint density at radius 3 is 2.72 bits per heavy atom. The summed E-state index contributed by atoms with van der Waals surface area (Å²) < 4.78 is 44.2. The van der Waals surface area contributed by atoms with Crippen LogP contribution in [-0.4, -0.2) is 42.1 Å². The van der Waals surface area contributed by atoms with Crippen LogP contribution < -0.4 is 5.32 Å². The molecular weight excluding hydrogens is 355 g/mol. The van der Waals surface area contributed by atoms with Gasteiger partial charge in [0.05, 0.1) is 31.0 Å². The summed E-state index contributed by atoms with van der Waals surface area (Å²) in [5, 5.41) is 4.61. The van der Waals surface area contributed by atoms with E-state index in [9.17, 15) is 18.0 Å². The number of nitrogens with one attached hydrogen (secondary N) is 1. The van der Waals surface area contributed by atoms with E-state index >= 15 is 0 Å². The predicted molar refractivity (Wildman–Crippen MR) is 87.6 cm³/mol. The van der Waals surface area contributed by atoms with E-state index in [-0.39, 0.29) is 11.4 Å². The lowest BCUT2D eigenvalue weighted by molar-refractivity contribution is -0.136. The molecule has 1 aromatic carbocycles. The first-order valence-electron chi connectivity index (χ1n) is 7.65. The van der Waals surface area contributed by atoms with Crippen LogP contribution in [0.5, 0.6) is 0 Å². The maximum atomic E-state index is 13.0. The lowest BCUT2D eigenvalue weighted by atomic mass is 10.1. The number of para-hydroxylation sites is 1. The Morgan fingerprint density at radius 2 is 2.00 bits per heavy atom. The zero-order valence-corrected chi connectivity index (χ0v) is 14.0. The van der Waals surface area contributed by atoms with E-state index in [4.69, 9.17) is 4.74 Å². The summed E-state index contributed by atoms with van der Waals surface area (Å²) in [6.07, 6.45) is -4.53. The van der Waals surface area contributed by atoms with Gasteiger partial charge in [-0.1, -0.05) is 12.1 Å². The van der Waals surface area contributed by atoms with Crippen LogP contribution in [-0.2, 0) is 17.5 Å². The number of amides is 1. The second-order valence-corrected chi connectivity index (χ2v) is 6.46. The minimum absolute atomic E-state index is 0.116. The molecule has 1 amide bonds. The molecule has 0 radical (unpaired) electrons. The SMILES string of the molecule is O=C(Nc1ccccc1C(F)(F)F)c1csc(CN2CCOCC2)n1. The number of aromatic nitrogens is 1. The fourth-order valence-corrected chi connectivity index (χ4v) is 3.28. The molecule has 25 heavy (non-hydrogen) atoms. The summed E-state index contributed by atoms with van der Waals surface area (Å²) in [5.41, 5.74) is -1.04. The summed E-state index contributed by atoms with van der Waals surface area (Å²) >= 11 is 1.32. The number of carbonyl (C=O) groups excluding carboxylic acids is 1. The number of rotatable bonds is 4. The van der Waals surface area contributed by atoms with Crippen molar-refractivity contribution in [1.82, 2.24) is 9.88 Å². The molecule has 2 heterocycles. The van der Waals surface area contributed by atoms with Gasteiger partial charge in [0.2, 0.25) is 0 Å². The lowest BCUT2D eigenvalue weighted by Crippen LogP contribution is -2.35. The molecule has 5 nitrogen and oxygen atoms in total. The van der Waals surface area contributed by atoms with Crippen molar-refractivity contribution in [3.63, 3.8) is 0 Å². The normalized spacial score (nSPS) is 16.0. The number of hydrogen-bond donors (Lipinski definition) is 1. The molecule has 0 bridgehead atoms. The number of carbonyl (C=O) groups is 1. The summed E-state index contributed by atoms with van der Waals surface area (Å²) in [7, 11) is 0. The fraction of sp³-hybridized carbons (Fsp3) is 0.375. The molecule has 9 heteroatoms.